The molecule has 0 spiro atoms. The van der Waals surface area contributed by atoms with Gasteiger partial charge in [-0.3, -0.25) is 0 Å². The molecule has 5 heteroatoms. The van der Waals surface area contributed by atoms with Crippen LogP contribution in [0.2, 0.25) is 0 Å². The number of rotatable bonds is 3. The van der Waals surface area contributed by atoms with Crippen LogP contribution in [0.5, 0.6) is 0 Å². The van der Waals surface area contributed by atoms with Crippen molar-refractivity contribution in [3.8, 4) is 0 Å². The molecule has 0 aromatic rings. The van der Waals surface area contributed by atoms with E-state index in [1.807, 2.05) is 13.8 Å². The van der Waals surface area contributed by atoms with E-state index in [1.54, 1.807) is 0 Å². The van der Waals surface area contributed by atoms with Crippen LogP contribution in [-0.4, -0.2) is 19.0 Å². The van der Waals surface area contributed by atoms with Gasteiger partial charge >= 0.3 is 8.60 Å². The molecule has 0 rings (SSSR count). The minimum atomic E-state index is -1.62. The summed E-state index contributed by atoms with van der Waals surface area (Å²) in [6.07, 6.45) is 0.0334. The minimum absolute atomic E-state index is 0.0334. The Bertz CT molecular complexity index is 60.5. The first-order chi connectivity index (χ1) is 3.66. The second-order valence-electron chi connectivity index (χ2n) is 1.57. The van der Waals surface area contributed by atoms with Gasteiger partial charge in [-0.05, 0) is 13.8 Å². The summed E-state index contributed by atoms with van der Waals surface area (Å²) in [5.74, 6) is 0. The van der Waals surface area contributed by atoms with Gasteiger partial charge < -0.3 is 13.9 Å². The van der Waals surface area contributed by atoms with E-state index < -0.39 is 8.60 Å². The summed E-state index contributed by atoms with van der Waals surface area (Å²) in [7, 11) is -0.207. The molecule has 1 atom stereocenters. The number of hydrogen-bond donors (Lipinski definition) is 1. The van der Waals surface area contributed by atoms with Crippen LogP contribution < -0.4 is 0 Å². The first kappa shape index (κ1) is 8.37. The van der Waals surface area contributed by atoms with E-state index in [9.17, 15) is 0 Å². The zero-order valence-electron chi connectivity index (χ0n) is 5.29. The molecule has 0 aliphatic rings. The molecule has 48 valence electrons. The van der Waals surface area contributed by atoms with Crippen LogP contribution in [0.1, 0.15) is 13.8 Å². The first-order valence-corrected chi connectivity index (χ1v) is 3.49. The van der Waals surface area contributed by atoms with E-state index in [-0.39, 0.29) is 6.10 Å². The summed E-state index contributed by atoms with van der Waals surface area (Å²) in [6.45, 7) is 3.68. The van der Waals surface area contributed by atoms with Gasteiger partial charge in [0.1, 0.15) is 0 Å². The molecule has 3 nitrogen and oxygen atoms in total. The monoisotopic (exact) mass is 136 g/mol. The Kier molecular flexibility index (Phi) is 4.47. The van der Waals surface area contributed by atoms with Gasteiger partial charge in [0, 0.05) is 0 Å². The maximum absolute atomic E-state index is 8.65. The van der Waals surface area contributed by atoms with E-state index in [4.69, 9.17) is 9.42 Å². The lowest BCUT2D eigenvalue weighted by atomic mass is 10.5. The first-order valence-electron chi connectivity index (χ1n) is 2.36. The molecule has 0 amide bonds. The molecule has 1 N–H and O–H groups in total. The highest BCUT2D eigenvalue weighted by Crippen LogP contribution is 2.32. The average Bonchev–Trinajstić information content (AvgIpc) is 1.65. The van der Waals surface area contributed by atoms with Crippen molar-refractivity contribution < 1.29 is 13.9 Å². The maximum atomic E-state index is 8.65. The summed E-state index contributed by atoms with van der Waals surface area (Å²) in [4.78, 5) is 8.65. The Morgan fingerprint density at radius 2 is 2.12 bits per heavy atom. The fraction of sp³-hybridized carbons (Fsp3) is 1.00. The summed E-state index contributed by atoms with van der Waals surface area (Å²) >= 11 is 0. The second kappa shape index (κ2) is 4.27. The highest BCUT2D eigenvalue weighted by Gasteiger charge is 2.03. The van der Waals surface area contributed by atoms with Crippen LogP contribution in [-0.2, 0) is 8.96 Å². The SMILES string of the molecule is BOP(O)OC(C)C. The van der Waals surface area contributed by atoms with Gasteiger partial charge in [-0.15, -0.1) is 0 Å². The predicted molar refractivity (Wildman–Crippen MR) is 35.0 cm³/mol. The Balaban J connectivity index is 3.10. The summed E-state index contributed by atoms with van der Waals surface area (Å²) in [5.41, 5.74) is 0. The van der Waals surface area contributed by atoms with Gasteiger partial charge in [0.2, 0.25) is 0 Å². The van der Waals surface area contributed by atoms with Crippen LogP contribution in [0, 0.1) is 0 Å². The summed E-state index contributed by atoms with van der Waals surface area (Å²) in [5, 5.41) is 0. The third-order valence-electron chi connectivity index (χ3n) is 0.457. The molecule has 0 saturated heterocycles. The van der Waals surface area contributed by atoms with Crippen molar-refractivity contribution in [2.75, 3.05) is 0 Å². The fourth-order valence-corrected chi connectivity index (χ4v) is 0.670. The van der Waals surface area contributed by atoms with E-state index in [1.165, 1.54) is 8.05 Å². The van der Waals surface area contributed by atoms with Gasteiger partial charge in [-0.1, -0.05) is 0 Å². The van der Waals surface area contributed by atoms with Crippen molar-refractivity contribution in [2.45, 2.75) is 20.0 Å². The third-order valence-corrected chi connectivity index (χ3v) is 1.37. The molecule has 1 unspecified atom stereocenters. The van der Waals surface area contributed by atoms with Crippen molar-refractivity contribution in [1.82, 2.24) is 0 Å². The Hall–Kier alpha value is 0.375. The minimum Gasteiger partial charge on any atom is -0.383 e. The predicted octanol–water partition coefficient (Wildman–Crippen LogP) is 0.195. The lowest BCUT2D eigenvalue weighted by molar-refractivity contribution is 0.208. The molecular weight excluding hydrogens is 126 g/mol. The van der Waals surface area contributed by atoms with E-state index in [0.717, 1.165) is 0 Å². The smallest absolute Gasteiger partial charge is 0.313 e. The molecule has 0 aliphatic carbocycles. The quantitative estimate of drug-likeness (QED) is 0.444. The highest BCUT2D eigenvalue weighted by atomic mass is 31.2. The normalized spacial score (nSPS) is 14.5. The molecule has 0 aromatic heterocycles. The molecule has 0 heterocycles. The van der Waals surface area contributed by atoms with Crippen molar-refractivity contribution in [3.63, 3.8) is 0 Å². The Morgan fingerprint density at radius 3 is 2.25 bits per heavy atom. The molecule has 0 aliphatic heterocycles. The van der Waals surface area contributed by atoms with Crippen molar-refractivity contribution in [1.29, 1.82) is 0 Å². The highest BCUT2D eigenvalue weighted by molar-refractivity contribution is 7.41. The third kappa shape index (κ3) is 4.53. The molecule has 8 heavy (non-hydrogen) atoms. The van der Waals surface area contributed by atoms with Gasteiger partial charge in [0.25, 0.3) is 8.05 Å². The van der Waals surface area contributed by atoms with Crippen molar-refractivity contribution in [2.24, 2.45) is 0 Å². The van der Waals surface area contributed by atoms with E-state index >= 15 is 0 Å². The topological polar surface area (TPSA) is 38.7 Å². The Labute approximate surface area is 51.4 Å². The molecule has 0 radical (unpaired) electrons. The average molecular weight is 136 g/mol. The molecule has 0 fully saturated rings. The van der Waals surface area contributed by atoms with Crippen molar-refractivity contribution >= 4 is 16.7 Å². The molecule has 0 saturated carbocycles. The molecular formula is C3H10BO3P. The zero-order valence-corrected chi connectivity index (χ0v) is 6.18. The zero-order chi connectivity index (χ0) is 6.57. The van der Waals surface area contributed by atoms with Gasteiger partial charge in [-0.25, -0.2) is 0 Å². The maximum Gasteiger partial charge on any atom is 0.313 e. The largest absolute Gasteiger partial charge is 0.383 e. The van der Waals surface area contributed by atoms with Gasteiger partial charge in [0.15, 0.2) is 0 Å². The molecule has 0 aromatic carbocycles. The van der Waals surface area contributed by atoms with Gasteiger partial charge in [-0.2, -0.15) is 0 Å². The van der Waals surface area contributed by atoms with Crippen LogP contribution in [0.15, 0.2) is 0 Å². The summed E-state index contributed by atoms with van der Waals surface area (Å²) in [6, 6.07) is 0. The second-order valence-corrected chi connectivity index (χ2v) is 2.63. The number of hydrogen-bond acceptors (Lipinski definition) is 3. The lowest BCUT2D eigenvalue weighted by Gasteiger charge is -2.09. The Morgan fingerprint density at radius 1 is 1.62 bits per heavy atom. The lowest BCUT2D eigenvalue weighted by Crippen LogP contribution is -1.97. The van der Waals surface area contributed by atoms with Gasteiger partial charge in [0.05, 0.1) is 6.10 Å². The van der Waals surface area contributed by atoms with Crippen LogP contribution in [0.25, 0.3) is 0 Å². The summed E-state index contributed by atoms with van der Waals surface area (Å²) < 4.78 is 9.26. The van der Waals surface area contributed by atoms with Crippen LogP contribution in [0.3, 0.4) is 0 Å². The van der Waals surface area contributed by atoms with Crippen LogP contribution in [0.4, 0.5) is 0 Å². The van der Waals surface area contributed by atoms with E-state index in [0.29, 0.717) is 0 Å². The fourth-order valence-electron chi connectivity index (χ4n) is 0.223. The standard InChI is InChI=1S/C3H10BO3P/c1-3(2)6-8(5)7-4/h3,5H,4H2,1-2H3. The van der Waals surface area contributed by atoms with E-state index in [2.05, 4.69) is 4.44 Å². The van der Waals surface area contributed by atoms with Crippen LogP contribution >= 0.6 is 8.60 Å². The van der Waals surface area contributed by atoms with Crippen molar-refractivity contribution in [3.05, 3.63) is 0 Å². The molecule has 0 bridgehead atoms.